The highest BCUT2D eigenvalue weighted by Crippen LogP contribution is 2.23. The molecular weight excluding hydrogens is 386 g/mol. The lowest BCUT2D eigenvalue weighted by atomic mass is 9.89. The third-order valence-corrected chi connectivity index (χ3v) is 4.49. The van der Waals surface area contributed by atoms with Gasteiger partial charge < -0.3 is 5.32 Å². The molecule has 0 atom stereocenters. The van der Waals surface area contributed by atoms with Crippen molar-refractivity contribution in [3.63, 3.8) is 0 Å². The Morgan fingerprint density at radius 2 is 1.71 bits per heavy atom. The molecule has 1 saturated carbocycles. The molecule has 150 valence electrons. The Morgan fingerprint density at radius 1 is 1.07 bits per heavy atom. The molecule has 0 aromatic heterocycles. The Labute approximate surface area is 166 Å². The topological polar surface area (TPSA) is 142 Å². The van der Waals surface area contributed by atoms with Crippen molar-refractivity contribution in [1.82, 2.24) is 21.5 Å². The zero-order valence-electron chi connectivity index (χ0n) is 15.0. The third kappa shape index (κ3) is 6.58. The molecule has 0 bridgehead atoms. The predicted octanol–water partition coefficient (Wildman–Crippen LogP) is 0.927. The number of nitro groups is 1. The van der Waals surface area contributed by atoms with E-state index in [4.69, 9.17) is 12.2 Å². The average Bonchev–Trinajstić information content (AvgIpc) is 2.71. The summed E-state index contributed by atoms with van der Waals surface area (Å²) in [7, 11) is 0. The summed E-state index contributed by atoms with van der Waals surface area (Å²) in [6, 6.07) is 4.97. The first-order valence-corrected chi connectivity index (χ1v) is 9.20. The van der Waals surface area contributed by atoms with Crippen LogP contribution in [-0.2, 0) is 9.59 Å². The molecule has 0 unspecified atom stereocenters. The minimum absolute atomic E-state index is 0.0448. The number of carbonyl (C=O) groups is 3. The van der Waals surface area contributed by atoms with Gasteiger partial charge in [-0.15, -0.1) is 0 Å². The van der Waals surface area contributed by atoms with Gasteiger partial charge >= 0.3 is 0 Å². The second-order valence-corrected chi connectivity index (χ2v) is 6.72. The van der Waals surface area contributed by atoms with Crippen LogP contribution in [0.1, 0.15) is 42.5 Å². The van der Waals surface area contributed by atoms with Crippen LogP contribution in [0.25, 0.3) is 0 Å². The number of hydrogen-bond acceptors (Lipinski definition) is 6. The molecule has 2 rings (SSSR count). The summed E-state index contributed by atoms with van der Waals surface area (Å²) in [5.74, 6) is -1.29. The van der Waals surface area contributed by atoms with Gasteiger partial charge in [-0.2, -0.15) is 0 Å². The molecular formula is C17H21N5O5S. The van der Waals surface area contributed by atoms with Crippen LogP contribution in [0, 0.1) is 16.0 Å². The minimum atomic E-state index is -0.591. The summed E-state index contributed by atoms with van der Waals surface area (Å²) in [6.07, 6.45) is 4.86. The summed E-state index contributed by atoms with van der Waals surface area (Å²) in [5.41, 5.74) is 4.66. The first kappa shape index (κ1) is 21.2. The number of hydrogen-bond donors (Lipinski definition) is 4. The van der Waals surface area contributed by atoms with Gasteiger partial charge in [0.1, 0.15) is 0 Å². The van der Waals surface area contributed by atoms with Crippen LogP contribution in [0.5, 0.6) is 0 Å². The lowest BCUT2D eigenvalue weighted by Gasteiger charge is -2.20. The molecule has 0 aliphatic heterocycles. The number of carbonyl (C=O) groups excluding carboxylic acids is 3. The number of hydrazine groups is 1. The molecule has 4 N–H and O–H groups in total. The van der Waals surface area contributed by atoms with E-state index in [2.05, 4.69) is 21.5 Å². The maximum Gasteiger partial charge on any atom is 0.269 e. The zero-order valence-corrected chi connectivity index (χ0v) is 15.8. The zero-order chi connectivity index (χ0) is 20.5. The first-order valence-electron chi connectivity index (χ1n) is 8.79. The number of nitrogens with one attached hydrogen (secondary N) is 4. The molecule has 3 amide bonds. The van der Waals surface area contributed by atoms with Gasteiger partial charge in [0.15, 0.2) is 5.11 Å². The number of non-ortho nitro benzene ring substituents is 1. The number of nitro benzene ring substituents is 1. The molecule has 0 radical (unpaired) electrons. The van der Waals surface area contributed by atoms with E-state index < -0.39 is 16.7 Å². The van der Waals surface area contributed by atoms with Gasteiger partial charge in [0.05, 0.1) is 11.5 Å². The van der Waals surface area contributed by atoms with Gasteiger partial charge in [0.25, 0.3) is 17.5 Å². The highest BCUT2D eigenvalue weighted by atomic mass is 32.1. The van der Waals surface area contributed by atoms with Crippen LogP contribution in [0.2, 0.25) is 0 Å². The Bertz CT molecular complexity index is 762. The molecule has 11 heteroatoms. The van der Waals surface area contributed by atoms with E-state index >= 15 is 0 Å². The number of thiocarbonyl (C=S) groups is 1. The Morgan fingerprint density at radius 3 is 2.32 bits per heavy atom. The summed E-state index contributed by atoms with van der Waals surface area (Å²) >= 11 is 4.90. The van der Waals surface area contributed by atoms with E-state index in [0.29, 0.717) is 0 Å². The fraction of sp³-hybridized carbons (Fsp3) is 0.412. The molecule has 0 saturated heterocycles. The standard InChI is InChI=1S/C17H21N5O5S/c23-14(10-18-15(24)11-4-2-1-3-5-11)20-21-17(28)19-16(25)12-6-8-13(9-7-12)22(26)27/h6-9,11H,1-5,10H2,(H,18,24)(H,20,23)(H2,19,21,25,28). The van der Waals surface area contributed by atoms with E-state index in [0.717, 1.165) is 32.1 Å². The van der Waals surface area contributed by atoms with Gasteiger partial charge in [-0.3, -0.25) is 40.7 Å². The van der Waals surface area contributed by atoms with Gasteiger partial charge in [0.2, 0.25) is 5.91 Å². The Balaban J connectivity index is 1.69. The van der Waals surface area contributed by atoms with Crippen molar-refractivity contribution in [2.24, 2.45) is 5.92 Å². The molecule has 28 heavy (non-hydrogen) atoms. The lowest BCUT2D eigenvalue weighted by molar-refractivity contribution is -0.384. The quantitative estimate of drug-likeness (QED) is 0.323. The van der Waals surface area contributed by atoms with Crippen LogP contribution < -0.4 is 21.5 Å². The highest BCUT2D eigenvalue weighted by Gasteiger charge is 2.21. The first-order chi connectivity index (χ1) is 13.4. The van der Waals surface area contributed by atoms with Crippen molar-refractivity contribution in [2.45, 2.75) is 32.1 Å². The van der Waals surface area contributed by atoms with Crippen LogP contribution in [-0.4, -0.2) is 34.3 Å². The monoisotopic (exact) mass is 407 g/mol. The van der Waals surface area contributed by atoms with Crippen molar-refractivity contribution in [2.75, 3.05) is 6.54 Å². The Kier molecular flexibility index (Phi) is 7.81. The number of rotatable bonds is 5. The van der Waals surface area contributed by atoms with Gasteiger partial charge in [-0.05, 0) is 37.2 Å². The van der Waals surface area contributed by atoms with Gasteiger partial charge in [-0.25, -0.2) is 0 Å². The highest BCUT2D eigenvalue weighted by molar-refractivity contribution is 7.80. The third-order valence-electron chi connectivity index (χ3n) is 4.28. The van der Waals surface area contributed by atoms with Crippen molar-refractivity contribution in [1.29, 1.82) is 0 Å². The van der Waals surface area contributed by atoms with Crippen molar-refractivity contribution in [3.8, 4) is 0 Å². The molecule has 1 aromatic carbocycles. The average molecular weight is 407 g/mol. The van der Waals surface area contributed by atoms with E-state index in [1.54, 1.807) is 0 Å². The molecule has 10 nitrogen and oxygen atoms in total. The van der Waals surface area contributed by atoms with Crippen molar-refractivity contribution < 1.29 is 19.3 Å². The predicted molar refractivity (Wildman–Crippen MR) is 104 cm³/mol. The van der Waals surface area contributed by atoms with Crippen LogP contribution in [0.3, 0.4) is 0 Å². The van der Waals surface area contributed by atoms with Crippen LogP contribution in [0.15, 0.2) is 24.3 Å². The lowest BCUT2D eigenvalue weighted by Crippen LogP contribution is -2.51. The van der Waals surface area contributed by atoms with E-state index in [1.807, 2.05) is 0 Å². The second-order valence-electron chi connectivity index (χ2n) is 6.31. The second kappa shape index (κ2) is 10.3. The fourth-order valence-electron chi connectivity index (χ4n) is 2.79. The van der Waals surface area contributed by atoms with Gasteiger partial charge in [-0.1, -0.05) is 19.3 Å². The summed E-state index contributed by atoms with van der Waals surface area (Å²) in [4.78, 5) is 45.8. The van der Waals surface area contributed by atoms with E-state index in [-0.39, 0.29) is 34.7 Å². The van der Waals surface area contributed by atoms with Crippen LogP contribution in [0.4, 0.5) is 5.69 Å². The van der Waals surface area contributed by atoms with Crippen molar-refractivity contribution in [3.05, 3.63) is 39.9 Å². The Hall–Kier alpha value is -3.08. The summed E-state index contributed by atoms with van der Waals surface area (Å²) in [6.45, 7) is -0.207. The number of amides is 3. The molecule has 1 fully saturated rings. The van der Waals surface area contributed by atoms with Crippen molar-refractivity contribution >= 4 is 40.7 Å². The number of nitrogens with zero attached hydrogens (tertiary/aromatic N) is 1. The fourth-order valence-corrected chi connectivity index (χ4v) is 2.93. The normalized spacial score (nSPS) is 13.9. The molecule has 0 heterocycles. The molecule has 1 aliphatic rings. The SMILES string of the molecule is O=C(CNC(=O)C1CCCCC1)NNC(=S)NC(=O)c1ccc([N+](=O)[O-])cc1. The smallest absolute Gasteiger partial charge is 0.269 e. The molecule has 1 aromatic rings. The summed E-state index contributed by atoms with van der Waals surface area (Å²) < 4.78 is 0. The largest absolute Gasteiger partial charge is 0.347 e. The van der Waals surface area contributed by atoms with Crippen LogP contribution >= 0.6 is 12.2 Å². The van der Waals surface area contributed by atoms with E-state index in [9.17, 15) is 24.5 Å². The molecule has 0 spiro atoms. The van der Waals surface area contributed by atoms with E-state index in [1.165, 1.54) is 24.3 Å². The maximum atomic E-state index is 12.0. The number of benzene rings is 1. The summed E-state index contributed by atoms with van der Waals surface area (Å²) in [5, 5.41) is 15.4. The van der Waals surface area contributed by atoms with Gasteiger partial charge in [0, 0.05) is 23.6 Å². The molecule has 1 aliphatic carbocycles. The maximum absolute atomic E-state index is 12.0. The minimum Gasteiger partial charge on any atom is -0.347 e.